The van der Waals surface area contributed by atoms with Crippen LogP contribution in [0.4, 0.5) is 0 Å². The minimum absolute atomic E-state index is 0.00231. The molecule has 3 unspecified atom stereocenters. The average Bonchev–Trinajstić information content (AvgIpc) is 2.41. The molecular formula is C8H13NO2. The molecule has 3 heteroatoms. The number of nitrogens with two attached hydrogens (primary N) is 1. The second-order valence-electron chi connectivity index (χ2n) is 3.47. The summed E-state index contributed by atoms with van der Waals surface area (Å²) in [5.74, 6) is 0.439. The molecule has 0 radical (unpaired) electrons. The first-order valence-corrected chi connectivity index (χ1v) is 4.20. The molecule has 2 fully saturated rings. The highest BCUT2D eigenvalue weighted by Crippen LogP contribution is 2.39. The van der Waals surface area contributed by atoms with Crippen LogP contribution in [0, 0.1) is 11.8 Å². The minimum atomic E-state index is -0.181. The van der Waals surface area contributed by atoms with E-state index in [4.69, 9.17) is 10.5 Å². The van der Waals surface area contributed by atoms with Gasteiger partial charge >= 0.3 is 0 Å². The Hall–Kier alpha value is -0.570. The zero-order valence-electron chi connectivity index (χ0n) is 6.45. The molecule has 1 heterocycles. The Kier molecular flexibility index (Phi) is 1.60. The molecule has 1 saturated heterocycles. The van der Waals surface area contributed by atoms with Crippen LogP contribution in [-0.2, 0) is 9.53 Å². The normalized spacial score (nSPS) is 42.4. The Bertz CT molecular complexity index is 181. The van der Waals surface area contributed by atoms with Crippen LogP contribution < -0.4 is 5.73 Å². The molecule has 11 heavy (non-hydrogen) atoms. The van der Waals surface area contributed by atoms with Crippen molar-refractivity contribution in [1.29, 1.82) is 0 Å². The number of primary amides is 1. The van der Waals surface area contributed by atoms with Crippen LogP contribution in [0.25, 0.3) is 0 Å². The molecule has 1 amide bonds. The Labute approximate surface area is 65.9 Å². The number of hydrogen-bond acceptors (Lipinski definition) is 2. The van der Waals surface area contributed by atoms with E-state index in [0.29, 0.717) is 5.92 Å². The van der Waals surface area contributed by atoms with Gasteiger partial charge in [0.25, 0.3) is 0 Å². The molecule has 2 aliphatic rings. The predicted octanol–water partition coefficient (Wildman–Crippen LogP) is 0.287. The van der Waals surface area contributed by atoms with Gasteiger partial charge in [-0.15, -0.1) is 0 Å². The molecule has 0 aromatic rings. The SMILES string of the molecule is NC(=O)C1CCC2CCOC21. The largest absolute Gasteiger partial charge is 0.377 e. The highest BCUT2D eigenvalue weighted by Gasteiger charge is 2.42. The fraction of sp³-hybridized carbons (Fsp3) is 0.875. The summed E-state index contributed by atoms with van der Waals surface area (Å²) in [6, 6.07) is 0. The van der Waals surface area contributed by atoms with E-state index in [2.05, 4.69) is 0 Å². The fourth-order valence-electron chi connectivity index (χ4n) is 2.27. The summed E-state index contributed by atoms with van der Waals surface area (Å²) >= 11 is 0. The molecule has 2 N–H and O–H groups in total. The molecular weight excluding hydrogens is 142 g/mol. The van der Waals surface area contributed by atoms with Crippen molar-refractivity contribution in [1.82, 2.24) is 0 Å². The number of amides is 1. The van der Waals surface area contributed by atoms with Gasteiger partial charge in [-0.3, -0.25) is 4.79 Å². The highest BCUT2D eigenvalue weighted by atomic mass is 16.5. The van der Waals surface area contributed by atoms with E-state index in [-0.39, 0.29) is 17.9 Å². The number of fused-ring (bicyclic) bond motifs is 1. The van der Waals surface area contributed by atoms with Gasteiger partial charge in [0.05, 0.1) is 12.0 Å². The number of hydrogen-bond donors (Lipinski definition) is 1. The van der Waals surface area contributed by atoms with E-state index < -0.39 is 0 Å². The summed E-state index contributed by atoms with van der Waals surface area (Å²) in [5.41, 5.74) is 5.23. The number of rotatable bonds is 1. The van der Waals surface area contributed by atoms with Crippen molar-refractivity contribution in [3.05, 3.63) is 0 Å². The third-order valence-corrected chi connectivity index (χ3v) is 2.87. The van der Waals surface area contributed by atoms with Crippen LogP contribution in [0.5, 0.6) is 0 Å². The molecule has 0 aromatic heterocycles. The maximum absolute atomic E-state index is 10.9. The van der Waals surface area contributed by atoms with Crippen LogP contribution in [0.3, 0.4) is 0 Å². The molecule has 0 spiro atoms. The van der Waals surface area contributed by atoms with Gasteiger partial charge in [0.15, 0.2) is 0 Å². The molecule has 62 valence electrons. The second-order valence-corrected chi connectivity index (χ2v) is 3.47. The monoisotopic (exact) mass is 155 g/mol. The van der Waals surface area contributed by atoms with E-state index in [9.17, 15) is 4.79 Å². The molecule has 1 saturated carbocycles. The van der Waals surface area contributed by atoms with Gasteiger partial charge in [0.2, 0.25) is 5.91 Å². The van der Waals surface area contributed by atoms with Gasteiger partial charge in [-0.05, 0) is 25.2 Å². The van der Waals surface area contributed by atoms with Crippen molar-refractivity contribution in [3.63, 3.8) is 0 Å². The predicted molar refractivity (Wildman–Crippen MR) is 39.8 cm³/mol. The number of carbonyl (C=O) groups excluding carboxylic acids is 1. The van der Waals surface area contributed by atoms with Crippen LogP contribution in [0.2, 0.25) is 0 Å². The first kappa shape index (κ1) is 7.10. The lowest BCUT2D eigenvalue weighted by atomic mass is 10.0. The van der Waals surface area contributed by atoms with Gasteiger partial charge in [-0.2, -0.15) is 0 Å². The van der Waals surface area contributed by atoms with Crippen molar-refractivity contribution >= 4 is 5.91 Å². The minimum Gasteiger partial charge on any atom is -0.377 e. The average molecular weight is 155 g/mol. The summed E-state index contributed by atoms with van der Waals surface area (Å²) in [6.45, 7) is 0.819. The molecule has 3 atom stereocenters. The van der Waals surface area contributed by atoms with Crippen molar-refractivity contribution in [3.8, 4) is 0 Å². The third-order valence-electron chi connectivity index (χ3n) is 2.87. The standard InChI is InChI=1S/C8H13NO2/c9-8(10)6-2-1-5-3-4-11-7(5)6/h5-7H,1-4H2,(H2,9,10). The van der Waals surface area contributed by atoms with Crippen molar-refractivity contribution in [2.24, 2.45) is 17.6 Å². The zero-order valence-corrected chi connectivity index (χ0v) is 6.45. The molecule has 1 aliphatic heterocycles. The number of ether oxygens (including phenoxy) is 1. The fourth-order valence-corrected chi connectivity index (χ4v) is 2.27. The van der Waals surface area contributed by atoms with Gasteiger partial charge < -0.3 is 10.5 Å². The lowest BCUT2D eigenvalue weighted by molar-refractivity contribution is -0.125. The Balaban J connectivity index is 2.08. The Morgan fingerprint density at radius 3 is 2.91 bits per heavy atom. The van der Waals surface area contributed by atoms with Crippen LogP contribution in [0.1, 0.15) is 19.3 Å². The van der Waals surface area contributed by atoms with Gasteiger partial charge in [0, 0.05) is 6.61 Å². The first-order chi connectivity index (χ1) is 5.29. The van der Waals surface area contributed by atoms with Gasteiger partial charge in [0.1, 0.15) is 0 Å². The van der Waals surface area contributed by atoms with Crippen LogP contribution in [0.15, 0.2) is 0 Å². The van der Waals surface area contributed by atoms with Crippen molar-refractivity contribution in [2.45, 2.75) is 25.4 Å². The highest BCUT2D eigenvalue weighted by molar-refractivity contribution is 5.77. The van der Waals surface area contributed by atoms with Gasteiger partial charge in [-0.1, -0.05) is 0 Å². The van der Waals surface area contributed by atoms with E-state index in [1.165, 1.54) is 0 Å². The Morgan fingerprint density at radius 1 is 1.36 bits per heavy atom. The maximum atomic E-state index is 10.9. The summed E-state index contributed by atoms with van der Waals surface area (Å²) in [6.07, 6.45) is 3.34. The molecule has 2 rings (SSSR count). The maximum Gasteiger partial charge on any atom is 0.223 e. The lowest BCUT2D eigenvalue weighted by Crippen LogP contribution is -2.31. The first-order valence-electron chi connectivity index (χ1n) is 4.20. The Morgan fingerprint density at radius 2 is 2.18 bits per heavy atom. The third kappa shape index (κ3) is 1.03. The summed E-state index contributed by atoms with van der Waals surface area (Å²) in [7, 11) is 0. The van der Waals surface area contributed by atoms with Crippen molar-refractivity contribution in [2.75, 3.05) is 6.61 Å². The zero-order chi connectivity index (χ0) is 7.84. The van der Waals surface area contributed by atoms with Crippen molar-refractivity contribution < 1.29 is 9.53 Å². The van der Waals surface area contributed by atoms with Gasteiger partial charge in [-0.25, -0.2) is 0 Å². The van der Waals surface area contributed by atoms with E-state index in [0.717, 1.165) is 25.9 Å². The summed E-state index contributed by atoms with van der Waals surface area (Å²) in [5, 5.41) is 0. The van der Waals surface area contributed by atoms with E-state index in [1.54, 1.807) is 0 Å². The molecule has 0 bridgehead atoms. The van der Waals surface area contributed by atoms with Crippen LogP contribution in [-0.4, -0.2) is 18.6 Å². The van der Waals surface area contributed by atoms with Crippen LogP contribution >= 0.6 is 0 Å². The van der Waals surface area contributed by atoms with E-state index in [1.807, 2.05) is 0 Å². The molecule has 0 aromatic carbocycles. The topological polar surface area (TPSA) is 52.3 Å². The molecule has 3 nitrogen and oxygen atoms in total. The molecule has 1 aliphatic carbocycles. The summed E-state index contributed by atoms with van der Waals surface area (Å²) < 4.78 is 5.45. The lowest BCUT2D eigenvalue weighted by Gasteiger charge is -2.13. The second kappa shape index (κ2) is 2.48. The smallest absolute Gasteiger partial charge is 0.223 e. The van der Waals surface area contributed by atoms with E-state index >= 15 is 0 Å². The number of carbonyl (C=O) groups is 1. The summed E-state index contributed by atoms with van der Waals surface area (Å²) in [4.78, 5) is 10.9. The quantitative estimate of drug-likeness (QED) is 0.591.